The van der Waals surface area contributed by atoms with E-state index in [1.54, 1.807) is 11.8 Å². The highest BCUT2D eigenvalue weighted by molar-refractivity contribution is 7.98. The molecule has 18 heavy (non-hydrogen) atoms. The van der Waals surface area contributed by atoms with Crippen molar-refractivity contribution >= 4 is 23.6 Å². The molecule has 1 fully saturated rings. The molecule has 0 spiro atoms. The van der Waals surface area contributed by atoms with Crippen LogP contribution in [0.3, 0.4) is 0 Å². The first kappa shape index (κ1) is 15.3. The zero-order valence-electron chi connectivity index (χ0n) is 10.6. The minimum atomic E-state index is -0.960. The van der Waals surface area contributed by atoms with Crippen LogP contribution >= 0.6 is 11.8 Å². The second-order valence-electron chi connectivity index (χ2n) is 4.27. The largest absolute Gasteiger partial charge is 0.480 e. The molecule has 0 bridgehead atoms. The minimum Gasteiger partial charge on any atom is -0.480 e. The Hall–Kier alpha value is -0.790. The van der Waals surface area contributed by atoms with Crippen LogP contribution in [0.15, 0.2) is 0 Å². The van der Waals surface area contributed by atoms with Crippen LogP contribution in [-0.2, 0) is 9.59 Å². The lowest BCUT2D eigenvalue weighted by Crippen LogP contribution is -2.50. The summed E-state index contributed by atoms with van der Waals surface area (Å²) in [5, 5.41) is 14.8. The molecule has 104 valence electrons. The lowest BCUT2D eigenvalue weighted by atomic mass is 10.2. The molecule has 6 nitrogen and oxygen atoms in total. The number of rotatable bonds is 7. The van der Waals surface area contributed by atoms with Crippen molar-refractivity contribution in [2.45, 2.75) is 12.5 Å². The topological polar surface area (TPSA) is 81.7 Å². The number of carboxylic acid groups (broad SMARTS) is 1. The van der Waals surface area contributed by atoms with Gasteiger partial charge in [0.05, 0.1) is 6.54 Å². The fourth-order valence-corrected chi connectivity index (χ4v) is 2.28. The zero-order chi connectivity index (χ0) is 13.4. The minimum absolute atomic E-state index is 0.203. The second kappa shape index (κ2) is 8.34. The summed E-state index contributed by atoms with van der Waals surface area (Å²) in [4.78, 5) is 24.8. The van der Waals surface area contributed by atoms with Crippen LogP contribution in [0.25, 0.3) is 0 Å². The number of carbonyl (C=O) groups excluding carboxylic acids is 1. The Balaban J connectivity index is 2.32. The Morgan fingerprint density at radius 3 is 2.67 bits per heavy atom. The average Bonchev–Trinajstić information content (AvgIpc) is 2.35. The molecule has 0 aromatic heterocycles. The van der Waals surface area contributed by atoms with E-state index in [9.17, 15) is 9.59 Å². The number of hydrogen-bond donors (Lipinski definition) is 3. The molecular formula is C11H21N3O3S. The van der Waals surface area contributed by atoms with E-state index < -0.39 is 12.0 Å². The maximum atomic E-state index is 11.7. The lowest BCUT2D eigenvalue weighted by molar-refractivity contribution is -0.142. The summed E-state index contributed by atoms with van der Waals surface area (Å²) in [6.07, 6.45) is 2.38. The molecule has 1 rings (SSSR count). The van der Waals surface area contributed by atoms with Gasteiger partial charge in [0.15, 0.2) is 0 Å². The van der Waals surface area contributed by atoms with Gasteiger partial charge in [-0.25, -0.2) is 4.79 Å². The fraction of sp³-hybridized carbons (Fsp3) is 0.818. The quantitative estimate of drug-likeness (QED) is 0.565. The van der Waals surface area contributed by atoms with Gasteiger partial charge in [0.2, 0.25) is 5.91 Å². The number of piperazine rings is 1. The lowest BCUT2D eigenvalue weighted by Gasteiger charge is -2.27. The Labute approximate surface area is 111 Å². The van der Waals surface area contributed by atoms with Gasteiger partial charge in [0.1, 0.15) is 6.04 Å². The van der Waals surface area contributed by atoms with Crippen molar-refractivity contribution in [1.29, 1.82) is 0 Å². The van der Waals surface area contributed by atoms with Crippen LogP contribution in [0, 0.1) is 0 Å². The number of hydrogen-bond acceptors (Lipinski definition) is 5. The van der Waals surface area contributed by atoms with E-state index in [1.807, 2.05) is 11.2 Å². The second-order valence-corrected chi connectivity index (χ2v) is 5.25. The van der Waals surface area contributed by atoms with Crippen molar-refractivity contribution in [3.63, 3.8) is 0 Å². The first-order chi connectivity index (χ1) is 8.63. The number of amides is 1. The summed E-state index contributed by atoms with van der Waals surface area (Å²) in [5.41, 5.74) is 0. The maximum Gasteiger partial charge on any atom is 0.326 e. The number of nitrogens with one attached hydrogen (secondary N) is 2. The summed E-state index contributed by atoms with van der Waals surface area (Å²) in [6, 6.07) is -0.770. The molecule has 0 radical (unpaired) electrons. The molecule has 1 atom stereocenters. The number of carbonyl (C=O) groups is 2. The smallest absolute Gasteiger partial charge is 0.326 e. The van der Waals surface area contributed by atoms with E-state index in [0.717, 1.165) is 31.9 Å². The van der Waals surface area contributed by atoms with Gasteiger partial charge < -0.3 is 15.7 Å². The average molecular weight is 275 g/mol. The molecule has 0 saturated carbocycles. The van der Waals surface area contributed by atoms with Gasteiger partial charge >= 0.3 is 5.97 Å². The van der Waals surface area contributed by atoms with Crippen molar-refractivity contribution in [2.24, 2.45) is 0 Å². The molecule has 0 aromatic carbocycles. The number of nitrogens with zero attached hydrogens (tertiary/aromatic N) is 1. The van der Waals surface area contributed by atoms with Gasteiger partial charge in [-0.1, -0.05) is 0 Å². The van der Waals surface area contributed by atoms with Crippen molar-refractivity contribution < 1.29 is 14.7 Å². The Bertz CT molecular complexity index is 283. The predicted molar refractivity (Wildman–Crippen MR) is 71.9 cm³/mol. The molecule has 7 heteroatoms. The van der Waals surface area contributed by atoms with Crippen LogP contribution in [0.1, 0.15) is 6.42 Å². The molecule has 1 saturated heterocycles. The highest BCUT2D eigenvalue weighted by atomic mass is 32.2. The number of aliphatic carboxylic acids is 1. The Kier molecular flexibility index (Phi) is 7.07. The van der Waals surface area contributed by atoms with E-state index in [0.29, 0.717) is 6.42 Å². The fourth-order valence-electron chi connectivity index (χ4n) is 1.81. The standard InChI is InChI=1S/C11H21N3O3S/c1-18-7-2-9(11(16)17)13-10(15)8-14-5-3-12-4-6-14/h9,12H,2-8H2,1H3,(H,13,15)(H,16,17). The third-order valence-corrected chi connectivity index (χ3v) is 3.46. The number of carboxylic acids is 1. The van der Waals surface area contributed by atoms with Gasteiger partial charge in [-0.2, -0.15) is 11.8 Å². The first-order valence-electron chi connectivity index (χ1n) is 6.07. The highest BCUT2D eigenvalue weighted by Crippen LogP contribution is 2.01. The van der Waals surface area contributed by atoms with Crippen LogP contribution in [-0.4, -0.2) is 72.7 Å². The molecule has 1 unspecified atom stereocenters. The summed E-state index contributed by atoms with van der Waals surface area (Å²) in [7, 11) is 0. The van der Waals surface area contributed by atoms with Gasteiger partial charge in [0, 0.05) is 26.2 Å². The highest BCUT2D eigenvalue weighted by Gasteiger charge is 2.21. The first-order valence-corrected chi connectivity index (χ1v) is 7.47. The third-order valence-electron chi connectivity index (χ3n) is 2.82. The van der Waals surface area contributed by atoms with Crippen molar-refractivity contribution in [3.8, 4) is 0 Å². The molecule has 3 N–H and O–H groups in total. The van der Waals surface area contributed by atoms with Crippen molar-refractivity contribution in [1.82, 2.24) is 15.5 Å². The Morgan fingerprint density at radius 1 is 1.44 bits per heavy atom. The summed E-state index contributed by atoms with van der Waals surface area (Å²) < 4.78 is 0. The van der Waals surface area contributed by atoms with E-state index >= 15 is 0 Å². The van der Waals surface area contributed by atoms with E-state index in [4.69, 9.17) is 5.11 Å². The molecular weight excluding hydrogens is 254 g/mol. The molecule has 1 aliphatic rings. The van der Waals surface area contributed by atoms with Gasteiger partial charge in [0.25, 0.3) is 0 Å². The molecule has 1 heterocycles. The van der Waals surface area contributed by atoms with E-state index in [-0.39, 0.29) is 12.5 Å². The van der Waals surface area contributed by atoms with Crippen LogP contribution in [0.2, 0.25) is 0 Å². The van der Waals surface area contributed by atoms with Gasteiger partial charge in [-0.15, -0.1) is 0 Å². The van der Waals surface area contributed by atoms with Gasteiger partial charge in [-0.05, 0) is 18.4 Å². The third kappa shape index (κ3) is 5.70. The monoisotopic (exact) mass is 275 g/mol. The van der Waals surface area contributed by atoms with Crippen molar-refractivity contribution in [3.05, 3.63) is 0 Å². The van der Waals surface area contributed by atoms with Crippen LogP contribution in [0.5, 0.6) is 0 Å². The van der Waals surface area contributed by atoms with E-state index in [1.165, 1.54) is 0 Å². The molecule has 1 aliphatic heterocycles. The van der Waals surface area contributed by atoms with Crippen molar-refractivity contribution in [2.75, 3.05) is 44.7 Å². The molecule has 0 aliphatic carbocycles. The molecule has 1 amide bonds. The Morgan fingerprint density at radius 2 is 2.11 bits per heavy atom. The zero-order valence-corrected chi connectivity index (χ0v) is 11.5. The summed E-state index contributed by atoms with van der Waals surface area (Å²) in [5.74, 6) is -0.437. The van der Waals surface area contributed by atoms with Crippen LogP contribution in [0.4, 0.5) is 0 Å². The summed E-state index contributed by atoms with van der Waals surface area (Å²) >= 11 is 1.58. The molecule has 0 aromatic rings. The normalized spacial score (nSPS) is 18.3. The van der Waals surface area contributed by atoms with Gasteiger partial charge in [-0.3, -0.25) is 9.69 Å². The van der Waals surface area contributed by atoms with Crippen LogP contribution < -0.4 is 10.6 Å². The SMILES string of the molecule is CSCCC(NC(=O)CN1CCNCC1)C(=O)O. The predicted octanol–water partition coefficient (Wildman–Crippen LogP) is -0.786. The summed E-state index contributed by atoms with van der Waals surface area (Å²) in [6.45, 7) is 3.70. The number of thioether (sulfide) groups is 1. The van der Waals surface area contributed by atoms with E-state index in [2.05, 4.69) is 10.6 Å². The maximum absolute atomic E-state index is 11.7.